The van der Waals surface area contributed by atoms with E-state index in [1.165, 1.54) is 24.4 Å². The lowest BCUT2D eigenvalue weighted by atomic mass is 10.1. The van der Waals surface area contributed by atoms with Crippen LogP contribution in [0.25, 0.3) is 11.1 Å². The molecule has 0 saturated carbocycles. The topological polar surface area (TPSA) is 22.1 Å². The lowest BCUT2D eigenvalue weighted by molar-refractivity contribution is 0.285. The molecule has 0 N–H and O–H groups in total. The SMILES string of the molecule is Fc1c(OCc2ccccc2)ccc(-c2ccc(Cl)nc2)c1F. The monoisotopic (exact) mass is 331 g/mol. The van der Waals surface area contributed by atoms with Gasteiger partial charge in [-0.3, -0.25) is 0 Å². The van der Waals surface area contributed by atoms with Crippen LogP contribution in [0.3, 0.4) is 0 Å². The molecule has 0 atom stereocenters. The second kappa shape index (κ2) is 6.75. The molecular formula is C18H12ClF2NO. The van der Waals surface area contributed by atoms with Gasteiger partial charge in [0.2, 0.25) is 5.82 Å². The fourth-order valence-corrected chi connectivity index (χ4v) is 2.25. The summed E-state index contributed by atoms with van der Waals surface area (Å²) < 4.78 is 33.8. The maximum Gasteiger partial charge on any atom is 0.201 e. The molecule has 0 amide bonds. The van der Waals surface area contributed by atoms with Gasteiger partial charge in [0.05, 0.1) is 0 Å². The van der Waals surface area contributed by atoms with Gasteiger partial charge >= 0.3 is 0 Å². The molecule has 3 aromatic rings. The smallest absolute Gasteiger partial charge is 0.201 e. The average molecular weight is 332 g/mol. The summed E-state index contributed by atoms with van der Waals surface area (Å²) in [6.45, 7) is 0.166. The van der Waals surface area contributed by atoms with E-state index in [1.807, 2.05) is 30.3 Å². The van der Waals surface area contributed by atoms with Gasteiger partial charge in [-0.25, -0.2) is 9.37 Å². The molecule has 2 nitrogen and oxygen atoms in total. The molecule has 5 heteroatoms. The predicted molar refractivity (Wildman–Crippen MR) is 85.4 cm³/mol. The van der Waals surface area contributed by atoms with Crippen LogP contribution in [0.1, 0.15) is 5.56 Å². The fourth-order valence-electron chi connectivity index (χ4n) is 2.14. The number of nitrogens with zero attached hydrogens (tertiary/aromatic N) is 1. The second-order valence-electron chi connectivity index (χ2n) is 4.88. The summed E-state index contributed by atoms with van der Waals surface area (Å²) in [4.78, 5) is 3.87. The van der Waals surface area contributed by atoms with E-state index >= 15 is 0 Å². The first-order chi connectivity index (χ1) is 11.1. The van der Waals surface area contributed by atoms with Crippen molar-refractivity contribution >= 4 is 11.6 Å². The van der Waals surface area contributed by atoms with Crippen LogP contribution in [-0.4, -0.2) is 4.98 Å². The minimum absolute atomic E-state index is 0.110. The van der Waals surface area contributed by atoms with Crippen LogP contribution in [0, 0.1) is 11.6 Å². The Bertz CT molecular complexity index is 807. The van der Waals surface area contributed by atoms with Gasteiger partial charge in [0.25, 0.3) is 0 Å². The molecule has 0 aliphatic heterocycles. The van der Waals surface area contributed by atoms with Gasteiger partial charge < -0.3 is 4.74 Å². The van der Waals surface area contributed by atoms with E-state index in [0.717, 1.165) is 5.56 Å². The average Bonchev–Trinajstić information content (AvgIpc) is 2.58. The number of benzene rings is 2. The quantitative estimate of drug-likeness (QED) is 0.608. The Morgan fingerprint density at radius 1 is 0.913 bits per heavy atom. The van der Waals surface area contributed by atoms with Crippen molar-refractivity contribution in [2.75, 3.05) is 0 Å². The van der Waals surface area contributed by atoms with E-state index in [4.69, 9.17) is 16.3 Å². The Morgan fingerprint density at radius 3 is 2.39 bits per heavy atom. The van der Waals surface area contributed by atoms with Crippen molar-refractivity contribution in [2.45, 2.75) is 6.61 Å². The number of halogens is 3. The summed E-state index contributed by atoms with van der Waals surface area (Å²) in [5, 5.41) is 0.289. The van der Waals surface area contributed by atoms with Crippen LogP contribution < -0.4 is 4.74 Å². The zero-order valence-electron chi connectivity index (χ0n) is 12.0. The molecule has 3 rings (SSSR count). The van der Waals surface area contributed by atoms with E-state index in [2.05, 4.69) is 4.98 Å². The summed E-state index contributed by atoms with van der Waals surface area (Å²) in [6, 6.07) is 15.3. The van der Waals surface area contributed by atoms with E-state index < -0.39 is 11.6 Å². The van der Waals surface area contributed by atoms with Crippen molar-refractivity contribution in [2.24, 2.45) is 0 Å². The van der Waals surface area contributed by atoms with Gasteiger partial charge in [-0.15, -0.1) is 0 Å². The van der Waals surface area contributed by atoms with E-state index in [1.54, 1.807) is 6.07 Å². The van der Waals surface area contributed by atoms with Crippen molar-refractivity contribution in [3.05, 3.63) is 83.1 Å². The van der Waals surface area contributed by atoms with Gasteiger partial charge in [0, 0.05) is 17.3 Å². The summed E-state index contributed by atoms with van der Waals surface area (Å²) >= 11 is 5.70. The van der Waals surface area contributed by atoms with Crippen LogP contribution in [0.15, 0.2) is 60.8 Å². The molecule has 0 radical (unpaired) electrons. The van der Waals surface area contributed by atoms with Crippen molar-refractivity contribution in [1.29, 1.82) is 0 Å². The second-order valence-corrected chi connectivity index (χ2v) is 5.27. The van der Waals surface area contributed by atoms with Crippen molar-refractivity contribution in [3.63, 3.8) is 0 Å². The fraction of sp³-hybridized carbons (Fsp3) is 0.0556. The standard InChI is InChI=1S/C18H12ClF2NO/c19-16-9-6-13(10-22-16)14-7-8-15(18(21)17(14)20)23-11-12-4-2-1-3-5-12/h1-10H,11H2. The normalized spacial score (nSPS) is 10.6. The zero-order valence-corrected chi connectivity index (χ0v) is 12.7. The molecule has 1 aromatic heterocycles. The number of ether oxygens (including phenoxy) is 1. The van der Waals surface area contributed by atoms with Gasteiger partial charge in [-0.2, -0.15) is 4.39 Å². The first-order valence-electron chi connectivity index (χ1n) is 6.92. The molecule has 0 aliphatic carbocycles. The molecule has 0 aliphatic rings. The number of rotatable bonds is 4. The third-order valence-corrected chi connectivity index (χ3v) is 3.55. The Kier molecular flexibility index (Phi) is 4.53. The highest BCUT2D eigenvalue weighted by molar-refractivity contribution is 6.29. The van der Waals surface area contributed by atoms with Crippen LogP contribution in [0.4, 0.5) is 8.78 Å². The van der Waals surface area contributed by atoms with E-state index in [0.29, 0.717) is 5.56 Å². The summed E-state index contributed by atoms with van der Waals surface area (Å²) in [6.07, 6.45) is 1.39. The van der Waals surface area contributed by atoms with Gasteiger partial charge in [-0.05, 0) is 29.8 Å². The molecule has 0 saturated heterocycles. The summed E-state index contributed by atoms with van der Waals surface area (Å²) in [5.41, 5.74) is 1.43. The van der Waals surface area contributed by atoms with E-state index in [-0.39, 0.29) is 23.1 Å². The first kappa shape index (κ1) is 15.4. The molecule has 0 fully saturated rings. The van der Waals surface area contributed by atoms with Crippen LogP contribution in [-0.2, 0) is 6.61 Å². The minimum Gasteiger partial charge on any atom is -0.486 e. The maximum atomic E-state index is 14.3. The molecule has 0 spiro atoms. The summed E-state index contributed by atoms with van der Waals surface area (Å²) in [5.74, 6) is -2.12. The largest absolute Gasteiger partial charge is 0.486 e. The highest BCUT2D eigenvalue weighted by Crippen LogP contribution is 2.30. The predicted octanol–water partition coefficient (Wildman–Crippen LogP) is 5.26. The molecule has 23 heavy (non-hydrogen) atoms. The Hall–Kier alpha value is -2.46. The Balaban J connectivity index is 1.84. The number of hydrogen-bond acceptors (Lipinski definition) is 2. The van der Waals surface area contributed by atoms with Gasteiger partial charge in [0.1, 0.15) is 11.8 Å². The van der Waals surface area contributed by atoms with Crippen molar-refractivity contribution < 1.29 is 13.5 Å². The summed E-state index contributed by atoms with van der Waals surface area (Å²) in [7, 11) is 0. The van der Waals surface area contributed by atoms with Crippen LogP contribution in [0.5, 0.6) is 5.75 Å². The maximum absolute atomic E-state index is 14.3. The number of pyridine rings is 1. The third-order valence-electron chi connectivity index (χ3n) is 3.32. The Morgan fingerprint density at radius 2 is 1.70 bits per heavy atom. The highest BCUT2D eigenvalue weighted by atomic mass is 35.5. The van der Waals surface area contributed by atoms with Crippen LogP contribution in [0.2, 0.25) is 5.15 Å². The van der Waals surface area contributed by atoms with Crippen molar-refractivity contribution in [3.8, 4) is 16.9 Å². The minimum atomic E-state index is -1.02. The lowest BCUT2D eigenvalue weighted by Gasteiger charge is -2.10. The first-order valence-corrected chi connectivity index (χ1v) is 7.29. The van der Waals surface area contributed by atoms with Gasteiger partial charge in [-0.1, -0.05) is 41.9 Å². The Labute approximate surface area is 137 Å². The van der Waals surface area contributed by atoms with Crippen LogP contribution >= 0.6 is 11.6 Å². The molecule has 2 aromatic carbocycles. The zero-order chi connectivity index (χ0) is 16.2. The van der Waals surface area contributed by atoms with E-state index in [9.17, 15) is 8.78 Å². The molecular weight excluding hydrogens is 320 g/mol. The third kappa shape index (κ3) is 3.48. The molecule has 116 valence electrons. The van der Waals surface area contributed by atoms with Gasteiger partial charge in [0.15, 0.2) is 11.6 Å². The number of aromatic nitrogens is 1. The lowest BCUT2D eigenvalue weighted by Crippen LogP contribution is -2.00. The number of hydrogen-bond donors (Lipinski definition) is 0. The highest BCUT2D eigenvalue weighted by Gasteiger charge is 2.16. The molecule has 0 unspecified atom stereocenters. The molecule has 1 heterocycles. The van der Waals surface area contributed by atoms with Crippen molar-refractivity contribution in [1.82, 2.24) is 4.98 Å². The molecule has 0 bridgehead atoms.